The van der Waals surface area contributed by atoms with Crippen LogP contribution in [0, 0.1) is 5.92 Å². The second-order valence-electron chi connectivity index (χ2n) is 4.17. The summed E-state index contributed by atoms with van der Waals surface area (Å²) in [4.78, 5) is 0.255. The minimum Gasteiger partial charge on any atom is -0.326 e. The fourth-order valence-electron chi connectivity index (χ4n) is 1.53. The summed E-state index contributed by atoms with van der Waals surface area (Å²) in [5.41, 5.74) is 5.92. The van der Waals surface area contributed by atoms with Crippen LogP contribution in [0.4, 0.5) is 0 Å². The Morgan fingerprint density at radius 2 is 2.33 bits per heavy atom. The van der Waals surface area contributed by atoms with Crippen LogP contribution in [-0.4, -0.2) is 30.5 Å². The lowest BCUT2D eigenvalue weighted by molar-refractivity contribution is 0.470. The molecule has 1 aliphatic rings. The molecule has 0 aliphatic heterocycles. The molecule has 0 spiro atoms. The largest absolute Gasteiger partial charge is 0.326 e. The van der Waals surface area contributed by atoms with E-state index in [-0.39, 0.29) is 10.9 Å². The van der Waals surface area contributed by atoms with Gasteiger partial charge in [0.2, 0.25) is 0 Å². The molecule has 2 rings (SSSR count). The molecule has 0 amide bonds. The Labute approximate surface area is 89.2 Å². The van der Waals surface area contributed by atoms with Crippen LogP contribution in [0.15, 0.2) is 17.3 Å². The van der Waals surface area contributed by atoms with Gasteiger partial charge >= 0.3 is 0 Å². The monoisotopic (exact) mass is 229 g/mol. The molecule has 2 N–H and O–H groups in total. The van der Waals surface area contributed by atoms with Gasteiger partial charge in [-0.1, -0.05) is 0 Å². The molecule has 0 saturated heterocycles. The highest BCUT2D eigenvalue weighted by Crippen LogP contribution is 2.32. The molecule has 0 aromatic carbocycles. The summed E-state index contributed by atoms with van der Waals surface area (Å²) >= 11 is 0. The summed E-state index contributed by atoms with van der Waals surface area (Å²) in [6.07, 6.45) is 6.45. The van der Waals surface area contributed by atoms with Crippen LogP contribution < -0.4 is 5.73 Å². The maximum atomic E-state index is 11.2. The van der Waals surface area contributed by atoms with Gasteiger partial charge in [0.25, 0.3) is 0 Å². The molecule has 1 saturated carbocycles. The summed E-state index contributed by atoms with van der Waals surface area (Å²) < 4.78 is 24.0. The highest BCUT2D eigenvalue weighted by atomic mass is 32.2. The summed E-state index contributed by atoms with van der Waals surface area (Å²) in [5.74, 6) is 0.593. The molecule has 15 heavy (non-hydrogen) atoms. The van der Waals surface area contributed by atoms with Crippen molar-refractivity contribution in [2.45, 2.75) is 30.3 Å². The molecule has 0 radical (unpaired) electrons. The molecule has 1 fully saturated rings. The fraction of sp³-hybridized carbons (Fsp3) is 0.667. The number of sulfone groups is 1. The van der Waals surface area contributed by atoms with E-state index < -0.39 is 9.84 Å². The first kappa shape index (κ1) is 10.6. The first-order chi connectivity index (χ1) is 6.97. The molecule has 1 atom stereocenters. The molecule has 6 heteroatoms. The standard InChI is InChI=1S/C9H15N3O2S/c1-15(13,14)8-4-11-12(5-8)6-9(10)7-2-3-7/h4-5,7,9H,2-3,6,10H2,1H3. The van der Waals surface area contributed by atoms with Gasteiger partial charge in [-0.3, -0.25) is 4.68 Å². The number of aromatic nitrogens is 2. The van der Waals surface area contributed by atoms with Crippen molar-refractivity contribution in [3.8, 4) is 0 Å². The van der Waals surface area contributed by atoms with Crippen molar-refractivity contribution in [3.05, 3.63) is 12.4 Å². The van der Waals surface area contributed by atoms with Crippen LogP contribution in [0.1, 0.15) is 12.8 Å². The van der Waals surface area contributed by atoms with Gasteiger partial charge in [0.15, 0.2) is 9.84 Å². The van der Waals surface area contributed by atoms with E-state index in [0.717, 1.165) is 0 Å². The minimum absolute atomic E-state index is 0.0947. The normalized spacial score (nSPS) is 19.1. The van der Waals surface area contributed by atoms with Gasteiger partial charge in [-0.05, 0) is 18.8 Å². The molecular formula is C9H15N3O2S. The van der Waals surface area contributed by atoms with Gasteiger partial charge in [-0.2, -0.15) is 5.10 Å². The molecule has 84 valence electrons. The predicted molar refractivity (Wildman–Crippen MR) is 56.0 cm³/mol. The smallest absolute Gasteiger partial charge is 0.178 e. The fourth-order valence-corrected chi connectivity index (χ4v) is 2.08. The average Bonchev–Trinajstić information content (AvgIpc) is 2.86. The number of nitrogens with zero attached hydrogens (tertiary/aromatic N) is 2. The lowest BCUT2D eigenvalue weighted by Gasteiger charge is -2.09. The highest BCUT2D eigenvalue weighted by molar-refractivity contribution is 7.90. The SMILES string of the molecule is CS(=O)(=O)c1cnn(CC(N)C2CC2)c1. The molecule has 1 aromatic heterocycles. The van der Waals surface area contributed by atoms with Crippen LogP contribution in [0.5, 0.6) is 0 Å². The molecule has 1 aliphatic carbocycles. The van der Waals surface area contributed by atoms with Crippen molar-refractivity contribution >= 4 is 9.84 Å². The lowest BCUT2D eigenvalue weighted by atomic mass is 10.2. The Balaban J connectivity index is 2.06. The minimum atomic E-state index is -3.15. The zero-order valence-electron chi connectivity index (χ0n) is 8.63. The Morgan fingerprint density at radius 1 is 1.67 bits per heavy atom. The predicted octanol–water partition coefficient (Wildman–Crippen LogP) is 0.0239. The van der Waals surface area contributed by atoms with E-state index in [1.54, 1.807) is 4.68 Å². The third-order valence-corrected chi connectivity index (χ3v) is 3.73. The van der Waals surface area contributed by atoms with Crippen LogP contribution in [0.3, 0.4) is 0 Å². The molecular weight excluding hydrogens is 214 g/mol. The molecule has 1 aromatic rings. The summed E-state index contributed by atoms with van der Waals surface area (Å²) in [6, 6.07) is 0.0947. The zero-order valence-corrected chi connectivity index (χ0v) is 9.44. The second-order valence-corrected chi connectivity index (χ2v) is 6.19. The van der Waals surface area contributed by atoms with E-state index in [0.29, 0.717) is 12.5 Å². The number of hydrogen-bond acceptors (Lipinski definition) is 4. The van der Waals surface area contributed by atoms with Crippen molar-refractivity contribution in [2.75, 3.05) is 6.26 Å². The Bertz CT molecular complexity index is 448. The molecule has 1 unspecified atom stereocenters. The Kier molecular flexibility index (Phi) is 2.56. The van der Waals surface area contributed by atoms with Gasteiger partial charge in [-0.25, -0.2) is 8.42 Å². The third-order valence-electron chi connectivity index (χ3n) is 2.66. The summed E-state index contributed by atoms with van der Waals surface area (Å²) in [7, 11) is -3.15. The molecule has 5 nitrogen and oxygen atoms in total. The van der Waals surface area contributed by atoms with Crippen molar-refractivity contribution in [2.24, 2.45) is 11.7 Å². The van der Waals surface area contributed by atoms with E-state index >= 15 is 0 Å². The van der Waals surface area contributed by atoms with Crippen molar-refractivity contribution < 1.29 is 8.42 Å². The van der Waals surface area contributed by atoms with Gasteiger partial charge in [0, 0.05) is 18.5 Å². The summed E-state index contributed by atoms with van der Waals surface area (Å²) in [6.45, 7) is 0.597. The number of hydrogen-bond donors (Lipinski definition) is 1. The van der Waals surface area contributed by atoms with E-state index in [1.165, 1.54) is 31.5 Å². The number of nitrogens with two attached hydrogens (primary N) is 1. The van der Waals surface area contributed by atoms with Crippen LogP contribution in [0.2, 0.25) is 0 Å². The summed E-state index contributed by atoms with van der Waals surface area (Å²) in [5, 5.41) is 3.99. The zero-order chi connectivity index (χ0) is 11.1. The quantitative estimate of drug-likeness (QED) is 0.789. The average molecular weight is 229 g/mol. The third kappa shape index (κ3) is 2.57. The van der Waals surface area contributed by atoms with Crippen molar-refractivity contribution in [3.63, 3.8) is 0 Å². The first-order valence-corrected chi connectivity index (χ1v) is 6.84. The lowest BCUT2D eigenvalue weighted by Crippen LogP contribution is -2.28. The van der Waals surface area contributed by atoms with Crippen LogP contribution in [-0.2, 0) is 16.4 Å². The van der Waals surface area contributed by atoms with Crippen LogP contribution >= 0.6 is 0 Å². The van der Waals surface area contributed by atoms with Crippen molar-refractivity contribution in [1.82, 2.24) is 9.78 Å². The maximum absolute atomic E-state index is 11.2. The molecule has 1 heterocycles. The van der Waals surface area contributed by atoms with E-state index in [2.05, 4.69) is 5.10 Å². The second kappa shape index (κ2) is 3.61. The Morgan fingerprint density at radius 3 is 2.80 bits per heavy atom. The van der Waals surface area contributed by atoms with Crippen molar-refractivity contribution in [1.29, 1.82) is 0 Å². The maximum Gasteiger partial charge on any atom is 0.178 e. The van der Waals surface area contributed by atoms with Crippen LogP contribution in [0.25, 0.3) is 0 Å². The Hall–Kier alpha value is -0.880. The van der Waals surface area contributed by atoms with Gasteiger partial charge < -0.3 is 5.73 Å². The van der Waals surface area contributed by atoms with Gasteiger partial charge in [0.1, 0.15) is 4.90 Å². The highest BCUT2D eigenvalue weighted by Gasteiger charge is 2.28. The van der Waals surface area contributed by atoms with E-state index in [1.807, 2.05) is 0 Å². The van der Waals surface area contributed by atoms with E-state index in [4.69, 9.17) is 5.73 Å². The topological polar surface area (TPSA) is 78.0 Å². The first-order valence-electron chi connectivity index (χ1n) is 4.95. The molecule has 0 bridgehead atoms. The van der Waals surface area contributed by atoms with Gasteiger partial charge in [0.05, 0.1) is 12.7 Å². The number of rotatable bonds is 4. The van der Waals surface area contributed by atoms with Gasteiger partial charge in [-0.15, -0.1) is 0 Å². The van der Waals surface area contributed by atoms with E-state index in [9.17, 15) is 8.42 Å².